The number of aromatic hydroxyl groups is 1. The van der Waals surface area contributed by atoms with E-state index in [1.165, 1.54) is 12.1 Å². The number of phenolic OH excluding ortho intramolecular Hbond substituents is 1. The Labute approximate surface area is 210 Å². The Bertz CT molecular complexity index is 933. The van der Waals surface area contributed by atoms with Gasteiger partial charge in [-0.1, -0.05) is 39.8 Å². The summed E-state index contributed by atoms with van der Waals surface area (Å²) in [6.45, 7) is 6.66. The van der Waals surface area contributed by atoms with Crippen molar-refractivity contribution >= 4 is 29.6 Å². The molecule has 0 saturated heterocycles. The Hall–Kier alpha value is -3.67. The van der Waals surface area contributed by atoms with Gasteiger partial charge in [0.25, 0.3) is 0 Å². The lowest BCUT2D eigenvalue weighted by Gasteiger charge is -2.28. The lowest BCUT2D eigenvalue weighted by Crippen LogP contribution is -2.59. The Kier molecular flexibility index (Phi) is 11.8. The van der Waals surface area contributed by atoms with Crippen LogP contribution in [0.1, 0.15) is 46.1 Å². The number of nitrogens with one attached hydrogen (secondary N) is 3. The number of carboxylic acid groups (broad SMARTS) is 1. The minimum absolute atomic E-state index is 0.0105. The largest absolute Gasteiger partial charge is 0.508 e. The number of amides is 4. The smallest absolute Gasteiger partial charge is 0.326 e. The first-order valence-electron chi connectivity index (χ1n) is 11.7. The van der Waals surface area contributed by atoms with Gasteiger partial charge in [-0.05, 0) is 36.0 Å². The Morgan fingerprint density at radius 3 is 1.83 bits per heavy atom. The van der Waals surface area contributed by atoms with Crippen LogP contribution in [0.2, 0.25) is 0 Å². The molecule has 0 aliphatic heterocycles. The van der Waals surface area contributed by atoms with Gasteiger partial charge in [-0.25, -0.2) is 4.79 Å². The van der Waals surface area contributed by atoms with Crippen LogP contribution < -0.4 is 27.4 Å². The van der Waals surface area contributed by atoms with Crippen LogP contribution in [-0.4, -0.2) is 64.0 Å². The van der Waals surface area contributed by atoms with Crippen molar-refractivity contribution in [1.82, 2.24) is 16.0 Å². The van der Waals surface area contributed by atoms with Gasteiger partial charge in [0.2, 0.25) is 23.6 Å². The molecule has 0 radical (unpaired) electrons. The summed E-state index contributed by atoms with van der Waals surface area (Å²) in [7, 11) is 0. The van der Waals surface area contributed by atoms with Crippen LogP contribution in [-0.2, 0) is 30.4 Å². The van der Waals surface area contributed by atoms with Crippen molar-refractivity contribution < 1.29 is 34.2 Å². The van der Waals surface area contributed by atoms with Gasteiger partial charge in [-0.15, -0.1) is 0 Å². The highest BCUT2D eigenvalue weighted by molar-refractivity contribution is 5.94. The van der Waals surface area contributed by atoms with Crippen LogP contribution in [0.25, 0.3) is 0 Å². The molecule has 0 bridgehead atoms. The SMILES string of the molecule is CC(C)C(NC(=O)C(NC(=O)C(Cc1ccc(O)cc1)NC(=O)C(N)CCC(N)=O)C(C)C)C(=O)O. The third-order valence-corrected chi connectivity index (χ3v) is 5.53. The number of nitrogens with two attached hydrogens (primary N) is 2. The quantitative estimate of drug-likeness (QED) is 0.172. The second-order valence-corrected chi connectivity index (χ2v) is 9.34. The van der Waals surface area contributed by atoms with E-state index >= 15 is 0 Å². The van der Waals surface area contributed by atoms with E-state index in [1.807, 2.05) is 0 Å². The first kappa shape index (κ1) is 30.4. The molecule has 0 fully saturated rings. The number of carbonyl (C=O) groups is 5. The van der Waals surface area contributed by atoms with E-state index in [-0.39, 0.29) is 25.0 Å². The van der Waals surface area contributed by atoms with Crippen molar-refractivity contribution in [2.45, 2.75) is 71.1 Å². The Morgan fingerprint density at radius 1 is 0.833 bits per heavy atom. The van der Waals surface area contributed by atoms with Crippen LogP contribution in [0.15, 0.2) is 24.3 Å². The molecule has 1 rings (SSSR count). The molecule has 4 amide bonds. The van der Waals surface area contributed by atoms with Crippen LogP contribution in [0.4, 0.5) is 0 Å². The second-order valence-electron chi connectivity index (χ2n) is 9.34. The monoisotopic (exact) mass is 507 g/mol. The summed E-state index contributed by atoms with van der Waals surface area (Å²) in [4.78, 5) is 61.2. The number of hydrogen-bond donors (Lipinski definition) is 7. The van der Waals surface area contributed by atoms with Gasteiger partial charge in [-0.2, -0.15) is 0 Å². The van der Waals surface area contributed by atoms with Crippen LogP contribution in [0.3, 0.4) is 0 Å². The lowest BCUT2D eigenvalue weighted by molar-refractivity contribution is -0.144. The molecule has 200 valence electrons. The van der Waals surface area contributed by atoms with Crippen LogP contribution in [0.5, 0.6) is 5.75 Å². The zero-order valence-corrected chi connectivity index (χ0v) is 21.0. The zero-order chi connectivity index (χ0) is 27.6. The molecule has 36 heavy (non-hydrogen) atoms. The zero-order valence-electron chi connectivity index (χ0n) is 21.0. The van der Waals surface area contributed by atoms with Crippen LogP contribution in [0, 0.1) is 11.8 Å². The predicted octanol–water partition coefficient (Wildman–Crippen LogP) is -0.621. The second kappa shape index (κ2) is 14.0. The average molecular weight is 508 g/mol. The van der Waals surface area contributed by atoms with Gasteiger partial charge < -0.3 is 37.6 Å². The summed E-state index contributed by atoms with van der Waals surface area (Å²) in [6, 6.07) is 1.51. The van der Waals surface area contributed by atoms with Gasteiger partial charge in [-0.3, -0.25) is 19.2 Å². The van der Waals surface area contributed by atoms with Crippen LogP contribution >= 0.6 is 0 Å². The minimum Gasteiger partial charge on any atom is -0.508 e. The maximum Gasteiger partial charge on any atom is 0.326 e. The number of phenols is 1. The summed E-state index contributed by atoms with van der Waals surface area (Å²) in [5.74, 6) is -4.65. The van der Waals surface area contributed by atoms with Gasteiger partial charge in [0, 0.05) is 12.8 Å². The summed E-state index contributed by atoms with van der Waals surface area (Å²) in [6.07, 6.45) is -0.117. The molecule has 0 saturated carbocycles. The highest BCUT2D eigenvalue weighted by Crippen LogP contribution is 2.13. The number of carboxylic acids is 1. The summed E-state index contributed by atoms with van der Waals surface area (Å²) >= 11 is 0. The van der Waals surface area contributed by atoms with Crippen molar-refractivity contribution in [2.24, 2.45) is 23.3 Å². The number of hydrogen-bond acceptors (Lipinski definition) is 7. The Morgan fingerprint density at radius 2 is 1.36 bits per heavy atom. The summed E-state index contributed by atoms with van der Waals surface area (Å²) < 4.78 is 0. The van der Waals surface area contributed by atoms with Gasteiger partial charge in [0.1, 0.15) is 23.9 Å². The fourth-order valence-electron chi connectivity index (χ4n) is 3.33. The fourth-order valence-corrected chi connectivity index (χ4v) is 3.33. The summed E-state index contributed by atoms with van der Waals surface area (Å²) in [5, 5.41) is 26.5. The standard InChI is InChI=1S/C24H37N5O7/c1-12(2)19(23(34)29-20(13(3)4)24(35)36)28-22(33)17(11-14-5-7-15(30)8-6-14)27-21(32)16(25)9-10-18(26)31/h5-8,12-13,16-17,19-20,30H,9-11,25H2,1-4H3,(H2,26,31)(H,27,32)(H,28,33)(H,29,34)(H,35,36). The van der Waals surface area contributed by atoms with E-state index in [1.54, 1.807) is 39.8 Å². The number of benzene rings is 1. The molecule has 0 heterocycles. The number of rotatable bonds is 14. The first-order chi connectivity index (χ1) is 16.7. The van der Waals surface area contributed by atoms with E-state index in [0.29, 0.717) is 5.56 Å². The molecule has 1 aromatic rings. The van der Waals surface area contributed by atoms with E-state index in [9.17, 15) is 34.2 Å². The van der Waals surface area contributed by atoms with Gasteiger partial charge >= 0.3 is 5.97 Å². The van der Waals surface area contributed by atoms with E-state index in [0.717, 1.165) is 0 Å². The molecule has 4 unspecified atom stereocenters. The Balaban J connectivity index is 3.10. The van der Waals surface area contributed by atoms with Crippen molar-refractivity contribution in [3.8, 4) is 5.75 Å². The van der Waals surface area contributed by atoms with Crippen molar-refractivity contribution in [3.05, 3.63) is 29.8 Å². The first-order valence-corrected chi connectivity index (χ1v) is 11.7. The summed E-state index contributed by atoms with van der Waals surface area (Å²) in [5.41, 5.74) is 11.5. The molecular formula is C24H37N5O7. The number of aliphatic carboxylic acids is 1. The van der Waals surface area contributed by atoms with E-state index in [4.69, 9.17) is 11.5 Å². The molecule has 4 atom stereocenters. The minimum atomic E-state index is -1.20. The van der Waals surface area contributed by atoms with Crippen molar-refractivity contribution in [2.75, 3.05) is 0 Å². The fraction of sp³-hybridized carbons (Fsp3) is 0.542. The van der Waals surface area contributed by atoms with Crippen molar-refractivity contribution in [1.29, 1.82) is 0 Å². The molecule has 12 heteroatoms. The van der Waals surface area contributed by atoms with E-state index in [2.05, 4.69) is 16.0 Å². The molecular weight excluding hydrogens is 470 g/mol. The third-order valence-electron chi connectivity index (χ3n) is 5.53. The third kappa shape index (κ3) is 9.90. The normalized spacial score (nSPS) is 14.4. The average Bonchev–Trinajstić information content (AvgIpc) is 2.79. The maximum absolute atomic E-state index is 13.2. The molecule has 0 aromatic heterocycles. The number of primary amides is 1. The highest BCUT2D eigenvalue weighted by Gasteiger charge is 2.32. The molecule has 12 nitrogen and oxygen atoms in total. The lowest BCUT2D eigenvalue weighted by atomic mass is 9.99. The van der Waals surface area contributed by atoms with E-state index < -0.39 is 65.6 Å². The maximum atomic E-state index is 13.2. The molecule has 0 spiro atoms. The van der Waals surface area contributed by atoms with Gasteiger partial charge in [0.15, 0.2) is 0 Å². The highest BCUT2D eigenvalue weighted by atomic mass is 16.4. The molecule has 0 aliphatic carbocycles. The topological polar surface area (TPSA) is 214 Å². The molecule has 0 aliphatic rings. The molecule has 1 aromatic carbocycles. The molecule has 9 N–H and O–H groups in total. The predicted molar refractivity (Wildman–Crippen MR) is 131 cm³/mol. The number of carbonyl (C=O) groups excluding carboxylic acids is 4. The van der Waals surface area contributed by atoms with Crippen molar-refractivity contribution in [3.63, 3.8) is 0 Å². The van der Waals surface area contributed by atoms with Gasteiger partial charge in [0.05, 0.1) is 6.04 Å².